The number of aromatic nitrogens is 2. The average Bonchev–Trinajstić information content (AvgIpc) is 2.36. The van der Waals surface area contributed by atoms with Gasteiger partial charge in [-0.15, -0.1) is 5.10 Å². The summed E-state index contributed by atoms with van der Waals surface area (Å²) in [5, 5.41) is 10.6. The first-order valence-electron chi connectivity index (χ1n) is 5.76. The topological polar surface area (TPSA) is 63.8 Å². The van der Waals surface area contributed by atoms with Gasteiger partial charge in [-0.05, 0) is 31.5 Å². The van der Waals surface area contributed by atoms with E-state index in [-0.39, 0.29) is 16.5 Å². The van der Waals surface area contributed by atoms with E-state index in [1.54, 1.807) is 13.8 Å². The number of benzene rings is 1. The van der Waals surface area contributed by atoms with E-state index in [0.29, 0.717) is 11.3 Å². The van der Waals surface area contributed by atoms with Crippen molar-refractivity contribution in [3.63, 3.8) is 0 Å². The van der Waals surface area contributed by atoms with Gasteiger partial charge in [0.2, 0.25) is 0 Å². The summed E-state index contributed by atoms with van der Waals surface area (Å²) >= 11 is 4.98. The molecule has 0 aliphatic carbocycles. The van der Waals surface area contributed by atoms with Crippen LogP contribution >= 0.6 is 12.2 Å². The standard InChI is InChI=1S/C13H12F2N4S/c1-6-7(2)18-19-13(11(6)12(16)20)17-10-4-3-8(14)5-9(10)15/h3-5H,1-2H3,(H2,16,20)(H,17,19). The van der Waals surface area contributed by atoms with Gasteiger partial charge in [0.1, 0.15) is 16.6 Å². The lowest BCUT2D eigenvalue weighted by atomic mass is 10.1. The molecule has 7 heteroatoms. The predicted octanol–water partition coefficient (Wildman–Crippen LogP) is 2.75. The number of hydrogen-bond donors (Lipinski definition) is 2. The monoisotopic (exact) mass is 294 g/mol. The molecular formula is C13H12F2N4S. The summed E-state index contributed by atoms with van der Waals surface area (Å²) in [7, 11) is 0. The second kappa shape index (κ2) is 5.46. The maximum atomic E-state index is 13.6. The first-order chi connectivity index (χ1) is 9.40. The predicted molar refractivity (Wildman–Crippen MR) is 77.0 cm³/mol. The van der Waals surface area contributed by atoms with Crippen molar-refractivity contribution in [2.45, 2.75) is 13.8 Å². The van der Waals surface area contributed by atoms with Crippen molar-refractivity contribution >= 4 is 28.7 Å². The molecule has 1 aromatic heterocycles. The maximum Gasteiger partial charge on any atom is 0.163 e. The highest BCUT2D eigenvalue weighted by Crippen LogP contribution is 2.24. The van der Waals surface area contributed by atoms with E-state index in [4.69, 9.17) is 18.0 Å². The molecule has 0 amide bonds. The van der Waals surface area contributed by atoms with Gasteiger partial charge in [-0.1, -0.05) is 12.2 Å². The fraction of sp³-hybridized carbons (Fsp3) is 0.154. The van der Waals surface area contributed by atoms with Crippen molar-refractivity contribution in [2.75, 3.05) is 5.32 Å². The largest absolute Gasteiger partial charge is 0.389 e. The zero-order valence-corrected chi connectivity index (χ0v) is 11.7. The lowest BCUT2D eigenvalue weighted by molar-refractivity contribution is 0.586. The average molecular weight is 294 g/mol. The van der Waals surface area contributed by atoms with Crippen LogP contribution in [0.1, 0.15) is 16.8 Å². The van der Waals surface area contributed by atoms with Gasteiger partial charge in [-0.2, -0.15) is 5.10 Å². The minimum atomic E-state index is -0.737. The Bertz CT molecular complexity index is 688. The Hall–Kier alpha value is -2.15. The summed E-state index contributed by atoms with van der Waals surface area (Å²) in [6, 6.07) is 3.18. The number of aryl methyl sites for hydroxylation is 1. The van der Waals surface area contributed by atoms with Crippen LogP contribution in [0.5, 0.6) is 0 Å². The highest BCUT2D eigenvalue weighted by molar-refractivity contribution is 7.80. The van der Waals surface area contributed by atoms with Gasteiger partial charge in [0.15, 0.2) is 5.82 Å². The molecule has 0 spiro atoms. The first kappa shape index (κ1) is 14.3. The molecule has 4 nitrogen and oxygen atoms in total. The summed E-state index contributed by atoms with van der Waals surface area (Å²) in [6.07, 6.45) is 0. The summed E-state index contributed by atoms with van der Waals surface area (Å²) in [6.45, 7) is 3.57. The lowest BCUT2D eigenvalue weighted by Gasteiger charge is -2.13. The lowest BCUT2D eigenvalue weighted by Crippen LogP contribution is -2.17. The van der Waals surface area contributed by atoms with Gasteiger partial charge >= 0.3 is 0 Å². The fourth-order valence-electron chi connectivity index (χ4n) is 1.72. The van der Waals surface area contributed by atoms with Crippen molar-refractivity contribution in [1.29, 1.82) is 0 Å². The number of nitrogens with one attached hydrogen (secondary N) is 1. The Labute approximate surface area is 120 Å². The van der Waals surface area contributed by atoms with Crippen LogP contribution in [0.2, 0.25) is 0 Å². The molecule has 0 atom stereocenters. The van der Waals surface area contributed by atoms with Gasteiger partial charge in [0.25, 0.3) is 0 Å². The number of rotatable bonds is 3. The maximum absolute atomic E-state index is 13.6. The third kappa shape index (κ3) is 2.72. The zero-order valence-electron chi connectivity index (χ0n) is 10.9. The fourth-order valence-corrected chi connectivity index (χ4v) is 1.97. The van der Waals surface area contributed by atoms with Crippen molar-refractivity contribution in [3.05, 3.63) is 46.7 Å². The Morgan fingerprint density at radius 2 is 1.95 bits per heavy atom. The molecule has 3 N–H and O–H groups in total. The molecule has 0 saturated carbocycles. The van der Waals surface area contributed by atoms with Crippen LogP contribution in [-0.4, -0.2) is 15.2 Å². The van der Waals surface area contributed by atoms with Crippen LogP contribution in [0.15, 0.2) is 18.2 Å². The van der Waals surface area contributed by atoms with E-state index in [1.807, 2.05) is 0 Å². The van der Waals surface area contributed by atoms with Crippen LogP contribution in [-0.2, 0) is 0 Å². The van der Waals surface area contributed by atoms with E-state index < -0.39 is 11.6 Å². The molecule has 1 heterocycles. The molecule has 0 bridgehead atoms. The second-order valence-corrected chi connectivity index (χ2v) is 4.69. The third-order valence-corrected chi connectivity index (χ3v) is 3.09. The minimum absolute atomic E-state index is 0.0708. The number of hydrogen-bond acceptors (Lipinski definition) is 4. The van der Waals surface area contributed by atoms with Gasteiger partial charge in [0, 0.05) is 6.07 Å². The van der Waals surface area contributed by atoms with Crippen LogP contribution in [0.3, 0.4) is 0 Å². The highest BCUT2D eigenvalue weighted by Gasteiger charge is 2.15. The van der Waals surface area contributed by atoms with Gasteiger partial charge in [0.05, 0.1) is 16.9 Å². The van der Waals surface area contributed by atoms with Crippen molar-refractivity contribution in [3.8, 4) is 0 Å². The first-order valence-corrected chi connectivity index (χ1v) is 6.16. The Morgan fingerprint density at radius 3 is 2.55 bits per heavy atom. The molecule has 0 unspecified atom stereocenters. The Balaban J connectivity index is 2.48. The molecule has 1 aromatic carbocycles. The van der Waals surface area contributed by atoms with Crippen molar-refractivity contribution in [1.82, 2.24) is 10.2 Å². The van der Waals surface area contributed by atoms with Crippen molar-refractivity contribution < 1.29 is 8.78 Å². The van der Waals surface area contributed by atoms with Crippen molar-refractivity contribution in [2.24, 2.45) is 5.73 Å². The van der Waals surface area contributed by atoms with Gasteiger partial charge < -0.3 is 11.1 Å². The Morgan fingerprint density at radius 1 is 1.25 bits per heavy atom. The molecule has 0 aliphatic heterocycles. The molecule has 2 aromatic rings. The third-order valence-electron chi connectivity index (χ3n) is 2.89. The molecule has 104 valence electrons. The molecule has 0 saturated heterocycles. The number of anilines is 2. The van der Waals surface area contributed by atoms with E-state index >= 15 is 0 Å². The van der Waals surface area contributed by atoms with Crippen LogP contribution < -0.4 is 11.1 Å². The summed E-state index contributed by atoms with van der Waals surface area (Å²) in [5.74, 6) is -1.15. The number of nitrogens with two attached hydrogens (primary N) is 1. The molecule has 0 fully saturated rings. The molecule has 2 rings (SSSR count). The van der Waals surface area contributed by atoms with Gasteiger partial charge in [-0.3, -0.25) is 0 Å². The molecule has 20 heavy (non-hydrogen) atoms. The highest BCUT2D eigenvalue weighted by atomic mass is 32.1. The Kier molecular flexibility index (Phi) is 3.89. The van der Waals surface area contributed by atoms with E-state index in [2.05, 4.69) is 15.5 Å². The summed E-state index contributed by atoms with van der Waals surface area (Å²) in [4.78, 5) is 0.130. The van der Waals surface area contributed by atoms with Crippen LogP contribution in [0, 0.1) is 25.5 Å². The minimum Gasteiger partial charge on any atom is -0.389 e. The van der Waals surface area contributed by atoms with E-state index in [9.17, 15) is 8.78 Å². The quantitative estimate of drug-likeness (QED) is 0.852. The zero-order chi connectivity index (χ0) is 14.9. The molecule has 0 radical (unpaired) electrons. The number of nitrogens with zero attached hydrogens (tertiary/aromatic N) is 2. The van der Waals surface area contributed by atoms with E-state index in [0.717, 1.165) is 17.7 Å². The molecular weight excluding hydrogens is 282 g/mol. The van der Waals surface area contributed by atoms with Crippen LogP contribution in [0.25, 0.3) is 0 Å². The summed E-state index contributed by atoms with van der Waals surface area (Å²) < 4.78 is 26.5. The molecule has 0 aliphatic rings. The number of thiocarbonyl (C=S) groups is 1. The summed E-state index contributed by atoms with van der Waals surface area (Å²) in [5.41, 5.74) is 7.68. The van der Waals surface area contributed by atoms with E-state index in [1.165, 1.54) is 6.07 Å². The van der Waals surface area contributed by atoms with Gasteiger partial charge in [-0.25, -0.2) is 8.78 Å². The SMILES string of the molecule is Cc1nnc(Nc2ccc(F)cc2F)c(C(N)=S)c1C. The van der Waals surface area contributed by atoms with Crippen LogP contribution in [0.4, 0.5) is 20.3 Å². The second-order valence-electron chi connectivity index (χ2n) is 4.25. The smallest absolute Gasteiger partial charge is 0.163 e. The normalized spacial score (nSPS) is 10.4. The number of halogens is 2.